The molecule has 0 bridgehead atoms. The Kier molecular flexibility index (Phi) is 5.29. The number of carbonyl (C=O) groups is 2. The topological polar surface area (TPSA) is 91.9 Å². The number of carboxylic acids is 1. The number of aliphatic imine (C=N–C) groups is 1. The van der Waals surface area contributed by atoms with Gasteiger partial charge in [-0.3, -0.25) is 4.79 Å². The number of carbonyl (C=O) groups excluding carboxylic acids is 1. The summed E-state index contributed by atoms with van der Waals surface area (Å²) in [6.45, 7) is 4.01. The molecule has 0 radical (unpaired) electrons. The number of benzene rings is 2. The highest BCUT2D eigenvalue weighted by Gasteiger charge is 2.24. The van der Waals surface area contributed by atoms with Crippen LogP contribution in [0.2, 0.25) is 0 Å². The number of furan rings is 1. The minimum Gasteiger partial charge on any atom is -0.478 e. The molecule has 2 heterocycles. The second-order valence-corrected chi connectivity index (χ2v) is 7.94. The number of carboxylic acid groups (broad SMARTS) is 1. The summed E-state index contributed by atoms with van der Waals surface area (Å²) < 4.78 is 5.81. The van der Waals surface area contributed by atoms with E-state index in [0.29, 0.717) is 21.6 Å². The summed E-state index contributed by atoms with van der Waals surface area (Å²) in [6.07, 6.45) is 1.67. The first-order valence-electron chi connectivity index (χ1n) is 9.19. The maximum atomic E-state index is 12.3. The largest absolute Gasteiger partial charge is 0.478 e. The van der Waals surface area contributed by atoms with Crippen molar-refractivity contribution in [2.45, 2.75) is 13.8 Å². The lowest BCUT2D eigenvalue weighted by molar-refractivity contribution is -0.115. The summed E-state index contributed by atoms with van der Waals surface area (Å²) in [4.78, 5) is 28.3. The van der Waals surface area contributed by atoms with Gasteiger partial charge in [-0.1, -0.05) is 18.2 Å². The lowest BCUT2D eigenvalue weighted by atomic mass is 10.1. The fourth-order valence-electron chi connectivity index (χ4n) is 3.10. The van der Waals surface area contributed by atoms with Gasteiger partial charge >= 0.3 is 5.97 Å². The van der Waals surface area contributed by atoms with Crippen LogP contribution in [0.5, 0.6) is 0 Å². The van der Waals surface area contributed by atoms with Gasteiger partial charge in [0.25, 0.3) is 5.91 Å². The van der Waals surface area contributed by atoms with Crippen LogP contribution in [0.25, 0.3) is 17.4 Å². The van der Waals surface area contributed by atoms with Gasteiger partial charge in [0, 0.05) is 11.6 Å². The van der Waals surface area contributed by atoms with Crippen molar-refractivity contribution in [3.05, 3.63) is 82.0 Å². The lowest BCUT2D eigenvalue weighted by Crippen LogP contribution is -2.19. The molecule has 0 atom stereocenters. The molecule has 2 N–H and O–H groups in total. The third-order valence-electron chi connectivity index (χ3n) is 4.40. The van der Waals surface area contributed by atoms with Crippen molar-refractivity contribution >= 4 is 40.6 Å². The standard InChI is InChI=1S/C23H18N2O4S/c1-13-9-14(2)11-17(10-13)24-23-25-21(26)20(30-23)12-18-7-8-19(29-18)15-3-5-16(6-4-15)22(27)28/h3-12H,1-2H3,(H,27,28)(H,24,25,26)/b20-12+. The van der Waals surface area contributed by atoms with Crippen LogP contribution in [-0.2, 0) is 4.79 Å². The van der Waals surface area contributed by atoms with E-state index in [4.69, 9.17) is 9.52 Å². The fraction of sp³-hybridized carbons (Fsp3) is 0.0870. The van der Waals surface area contributed by atoms with Crippen LogP contribution in [0.3, 0.4) is 0 Å². The average Bonchev–Trinajstić information content (AvgIpc) is 3.28. The summed E-state index contributed by atoms with van der Waals surface area (Å²) >= 11 is 1.26. The third-order valence-corrected chi connectivity index (χ3v) is 5.31. The molecule has 0 aliphatic carbocycles. The molecule has 6 nitrogen and oxygen atoms in total. The Bertz CT molecular complexity index is 1190. The zero-order valence-corrected chi connectivity index (χ0v) is 17.1. The Labute approximate surface area is 177 Å². The van der Waals surface area contributed by atoms with E-state index in [1.807, 2.05) is 26.0 Å². The minimum absolute atomic E-state index is 0.210. The van der Waals surface area contributed by atoms with Crippen molar-refractivity contribution in [3.8, 4) is 11.3 Å². The predicted molar refractivity (Wildman–Crippen MR) is 118 cm³/mol. The third kappa shape index (κ3) is 4.36. The maximum Gasteiger partial charge on any atom is 0.335 e. The van der Waals surface area contributed by atoms with E-state index in [0.717, 1.165) is 22.4 Å². The molecule has 0 saturated carbocycles. The lowest BCUT2D eigenvalue weighted by Gasteiger charge is -2.00. The van der Waals surface area contributed by atoms with Crippen LogP contribution in [0.4, 0.5) is 5.69 Å². The predicted octanol–water partition coefficient (Wildman–Crippen LogP) is 5.15. The Balaban J connectivity index is 1.53. The molecule has 2 aromatic carbocycles. The second-order valence-electron chi connectivity index (χ2n) is 6.91. The summed E-state index contributed by atoms with van der Waals surface area (Å²) in [7, 11) is 0. The molecule has 4 rings (SSSR count). The van der Waals surface area contributed by atoms with Crippen molar-refractivity contribution in [1.82, 2.24) is 5.32 Å². The molecule has 1 amide bonds. The number of nitrogens with zero attached hydrogens (tertiary/aromatic N) is 1. The van der Waals surface area contributed by atoms with Gasteiger partial charge in [-0.2, -0.15) is 0 Å². The number of hydrogen-bond donors (Lipinski definition) is 2. The van der Waals surface area contributed by atoms with Crippen LogP contribution >= 0.6 is 11.8 Å². The zero-order chi connectivity index (χ0) is 21.3. The Hall–Kier alpha value is -3.58. The number of amidine groups is 1. The molecule has 30 heavy (non-hydrogen) atoms. The molecule has 0 unspecified atom stereocenters. The van der Waals surface area contributed by atoms with Crippen molar-refractivity contribution in [3.63, 3.8) is 0 Å². The van der Waals surface area contributed by atoms with Crippen molar-refractivity contribution in [1.29, 1.82) is 0 Å². The summed E-state index contributed by atoms with van der Waals surface area (Å²) in [5.41, 5.74) is 3.98. The van der Waals surface area contributed by atoms with Crippen LogP contribution in [0.1, 0.15) is 27.2 Å². The van der Waals surface area contributed by atoms with E-state index in [9.17, 15) is 9.59 Å². The van der Waals surface area contributed by atoms with Crippen LogP contribution in [-0.4, -0.2) is 22.2 Å². The van der Waals surface area contributed by atoms with Gasteiger partial charge in [-0.15, -0.1) is 0 Å². The number of rotatable bonds is 4. The number of amides is 1. The monoisotopic (exact) mass is 418 g/mol. The van der Waals surface area contributed by atoms with Crippen LogP contribution < -0.4 is 5.32 Å². The molecule has 1 aromatic heterocycles. The fourth-order valence-corrected chi connectivity index (χ4v) is 3.93. The van der Waals surface area contributed by atoms with Crippen LogP contribution in [0.15, 0.2) is 68.9 Å². The number of thioether (sulfide) groups is 1. The average molecular weight is 418 g/mol. The van der Waals surface area contributed by atoms with E-state index in [2.05, 4.69) is 16.4 Å². The molecule has 1 aliphatic rings. The van der Waals surface area contributed by atoms with E-state index in [1.165, 1.54) is 23.9 Å². The van der Waals surface area contributed by atoms with Crippen molar-refractivity contribution < 1.29 is 19.1 Å². The number of aryl methyl sites for hydroxylation is 2. The summed E-state index contributed by atoms with van der Waals surface area (Å²) in [5.74, 6) is -0.0928. The Morgan fingerprint density at radius 3 is 2.43 bits per heavy atom. The van der Waals surface area contributed by atoms with E-state index < -0.39 is 5.97 Å². The first-order chi connectivity index (χ1) is 14.4. The van der Waals surface area contributed by atoms with Gasteiger partial charge in [-0.05, 0) is 73.1 Å². The molecule has 150 valence electrons. The Morgan fingerprint density at radius 1 is 1.07 bits per heavy atom. The summed E-state index contributed by atoms with van der Waals surface area (Å²) in [5, 5.41) is 12.3. The first-order valence-corrected chi connectivity index (χ1v) is 10.0. The van der Waals surface area contributed by atoms with E-state index in [1.54, 1.807) is 30.3 Å². The smallest absolute Gasteiger partial charge is 0.335 e. The van der Waals surface area contributed by atoms with Gasteiger partial charge in [0.2, 0.25) is 0 Å². The van der Waals surface area contributed by atoms with Gasteiger partial charge in [0.1, 0.15) is 11.5 Å². The normalized spacial score (nSPS) is 16.3. The Morgan fingerprint density at radius 2 is 1.77 bits per heavy atom. The first kappa shape index (κ1) is 19.7. The SMILES string of the molecule is Cc1cc(C)cc(N=C2NC(=O)/C(=C\c3ccc(-c4ccc(C(=O)O)cc4)o3)S2)c1. The van der Waals surface area contributed by atoms with Crippen molar-refractivity contribution in [2.24, 2.45) is 4.99 Å². The minimum atomic E-state index is -0.978. The number of hydrogen-bond acceptors (Lipinski definition) is 5. The molecular weight excluding hydrogens is 400 g/mol. The number of aromatic carboxylic acids is 1. The highest BCUT2D eigenvalue weighted by Crippen LogP contribution is 2.30. The van der Waals surface area contributed by atoms with Crippen LogP contribution in [0, 0.1) is 13.8 Å². The quantitative estimate of drug-likeness (QED) is 0.572. The molecule has 0 spiro atoms. The molecule has 7 heteroatoms. The maximum absolute atomic E-state index is 12.3. The highest BCUT2D eigenvalue weighted by atomic mass is 32.2. The van der Waals surface area contributed by atoms with E-state index >= 15 is 0 Å². The van der Waals surface area contributed by atoms with Gasteiger partial charge < -0.3 is 14.8 Å². The molecule has 1 fully saturated rings. The van der Waals surface area contributed by atoms with Crippen molar-refractivity contribution in [2.75, 3.05) is 0 Å². The molecule has 1 aliphatic heterocycles. The highest BCUT2D eigenvalue weighted by molar-refractivity contribution is 8.18. The van der Waals surface area contributed by atoms with Gasteiger partial charge in [0.05, 0.1) is 16.2 Å². The summed E-state index contributed by atoms with van der Waals surface area (Å²) in [6, 6.07) is 16.0. The molecule has 3 aromatic rings. The zero-order valence-electron chi connectivity index (χ0n) is 16.3. The van der Waals surface area contributed by atoms with Gasteiger partial charge in [-0.25, -0.2) is 9.79 Å². The van der Waals surface area contributed by atoms with E-state index in [-0.39, 0.29) is 11.5 Å². The molecular formula is C23H18N2O4S. The number of nitrogens with one attached hydrogen (secondary N) is 1. The second kappa shape index (κ2) is 8.04. The molecule has 1 saturated heterocycles. The van der Waals surface area contributed by atoms with Gasteiger partial charge in [0.15, 0.2) is 5.17 Å².